The van der Waals surface area contributed by atoms with Gasteiger partial charge in [-0.2, -0.15) is 13.2 Å². The van der Waals surface area contributed by atoms with Crippen molar-refractivity contribution in [2.45, 2.75) is 32.0 Å². The van der Waals surface area contributed by atoms with Gasteiger partial charge in [0.05, 0.1) is 6.61 Å². The van der Waals surface area contributed by atoms with Crippen molar-refractivity contribution < 1.29 is 42.5 Å². The van der Waals surface area contributed by atoms with Crippen LogP contribution in [0.5, 0.6) is 0 Å². The van der Waals surface area contributed by atoms with Crippen LogP contribution in [0.1, 0.15) is 19.8 Å². The molecule has 0 aliphatic rings. The summed E-state index contributed by atoms with van der Waals surface area (Å²) in [5.41, 5.74) is 5.24. The highest BCUT2D eigenvalue weighted by atomic mass is 19.4. The second-order valence-corrected chi connectivity index (χ2v) is 3.48. The minimum Gasteiger partial charge on any atom is -0.480 e. The van der Waals surface area contributed by atoms with E-state index in [-0.39, 0.29) is 0 Å². The third-order valence-corrected chi connectivity index (χ3v) is 1.74. The van der Waals surface area contributed by atoms with Gasteiger partial charge in [-0.1, -0.05) is 6.08 Å². The van der Waals surface area contributed by atoms with Gasteiger partial charge in [0.15, 0.2) is 0 Å². The van der Waals surface area contributed by atoms with E-state index >= 15 is 0 Å². The van der Waals surface area contributed by atoms with Crippen molar-refractivity contribution in [1.29, 1.82) is 0 Å². The number of nitrogens with two attached hydrogens (primary N) is 1. The molecule has 0 rings (SSSR count). The van der Waals surface area contributed by atoms with Gasteiger partial charge in [0.1, 0.15) is 6.04 Å². The number of allylic oxidation sites excluding steroid dienone is 1. The number of ether oxygens (including phenoxy) is 1. The molecule has 0 aromatic heterocycles. The number of carboxylic acids is 2. The number of alkyl halides is 3. The number of hydrogen-bond donors (Lipinski definition) is 3. The Bertz CT molecular complexity index is 381. The zero-order valence-electron chi connectivity index (χ0n) is 11.1. The van der Waals surface area contributed by atoms with Crippen LogP contribution in [0, 0.1) is 0 Å². The van der Waals surface area contributed by atoms with Crippen molar-refractivity contribution in [2.24, 2.45) is 5.73 Å². The molecule has 4 N–H and O–H groups in total. The minimum absolute atomic E-state index is 0.311. The van der Waals surface area contributed by atoms with Gasteiger partial charge in [-0.3, -0.25) is 4.79 Å². The Hall–Kier alpha value is -2.10. The van der Waals surface area contributed by atoms with Crippen LogP contribution in [0.15, 0.2) is 12.2 Å². The van der Waals surface area contributed by atoms with Gasteiger partial charge in [0.2, 0.25) is 0 Å². The SMILES string of the molecule is CCOC(=O)/C=C/CC[C@H](N)C(=O)O.O=C(O)C(F)(F)F. The largest absolute Gasteiger partial charge is 0.490 e. The Morgan fingerprint density at radius 1 is 1.29 bits per heavy atom. The van der Waals surface area contributed by atoms with Crippen LogP contribution in [-0.4, -0.2) is 46.9 Å². The number of halogens is 3. The fourth-order valence-corrected chi connectivity index (χ4v) is 0.769. The average Bonchev–Trinajstić information content (AvgIpc) is 2.34. The standard InChI is InChI=1S/C9H15NO4.C2HF3O2/c1-2-14-8(11)6-4-3-5-7(10)9(12)13;3-2(4,5)1(6)7/h4,6-7H,2-3,5,10H2,1H3,(H,12,13);(H,6,7)/b6-4+;/t7-;/m0./s1. The highest BCUT2D eigenvalue weighted by Gasteiger charge is 2.38. The lowest BCUT2D eigenvalue weighted by atomic mass is 10.1. The number of hydrogen-bond acceptors (Lipinski definition) is 5. The van der Waals surface area contributed by atoms with E-state index in [2.05, 4.69) is 4.74 Å². The van der Waals surface area contributed by atoms with Gasteiger partial charge in [-0.25, -0.2) is 9.59 Å². The number of carboxylic acid groups (broad SMARTS) is 2. The fourth-order valence-electron chi connectivity index (χ4n) is 0.769. The van der Waals surface area contributed by atoms with E-state index < -0.39 is 30.1 Å². The first-order valence-corrected chi connectivity index (χ1v) is 5.64. The third-order valence-electron chi connectivity index (χ3n) is 1.74. The van der Waals surface area contributed by atoms with E-state index in [1.807, 2.05) is 0 Å². The Labute approximate surface area is 118 Å². The molecule has 10 heteroatoms. The third kappa shape index (κ3) is 14.1. The monoisotopic (exact) mass is 315 g/mol. The van der Waals surface area contributed by atoms with Gasteiger partial charge in [0.25, 0.3) is 0 Å². The second-order valence-electron chi connectivity index (χ2n) is 3.48. The van der Waals surface area contributed by atoms with Crippen LogP contribution in [0.2, 0.25) is 0 Å². The summed E-state index contributed by atoms with van der Waals surface area (Å²) < 4.78 is 36.4. The molecule has 0 spiro atoms. The lowest BCUT2D eigenvalue weighted by Gasteiger charge is -2.02. The number of rotatable bonds is 6. The molecule has 0 saturated carbocycles. The van der Waals surface area contributed by atoms with Gasteiger partial charge in [-0.15, -0.1) is 0 Å². The van der Waals surface area contributed by atoms with Crippen molar-refractivity contribution in [3.63, 3.8) is 0 Å². The van der Waals surface area contributed by atoms with E-state index in [9.17, 15) is 22.8 Å². The number of carbonyl (C=O) groups is 3. The van der Waals surface area contributed by atoms with Crippen molar-refractivity contribution in [3.05, 3.63) is 12.2 Å². The van der Waals surface area contributed by atoms with Crippen molar-refractivity contribution in [2.75, 3.05) is 6.61 Å². The topological polar surface area (TPSA) is 127 Å². The summed E-state index contributed by atoms with van der Waals surface area (Å²) in [6.07, 6.45) is -1.49. The quantitative estimate of drug-likeness (QED) is 0.491. The van der Waals surface area contributed by atoms with Crippen LogP contribution in [-0.2, 0) is 19.1 Å². The fraction of sp³-hybridized carbons (Fsp3) is 0.545. The molecular formula is C11H16F3NO6. The average molecular weight is 315 g/mol. The van der Waals surface area contributed by atoms with Crippen molar-refractivity contribution in [3.8, 4) is 0 Å². The van der Waals surface area contributed by atoms with Crippen LogP contribution >= 0.6 is 0 Å². The number of carbonyl (C=O) groups excluding carboxylic acids is 1. The van der Waals surface area contributed by atoms with E-state index in [1.54, 1.807) is 13.0 Å². The zero-order chi connectivity index (χ0) is 17.1. The van der Waals surface area contributed by atoms with E-state index in [1.165, 1.54) is 6.08 Å². The summed E-state index contributed by atoms with van der Waals surface area (Å²) in [5, 5.41) is 15.6. The first-order valence-electron chi connectivity index (χ1n) is 5.64. The highest BCUT2D eigenvalue weighted by molar-refractivity contribution is 5.81. The first-order chi connectivity index (χ1) is 9.52. The molecule has 1 atom stereocenters. The smallest absolute Gasteiger partial charge is 0.480 e. The lowest BCUT2D eigenvalue weighted by molar-refractivity contribution is -0.192. The molecule has 0 fully saturated rings. The van der Waals surface area contributed by atoms with Gasteiger partial charge < -0.3 is 20.7 Å². The van der Waals surface area contributed by atoms with E-state index in [0.717, 1.165) is 0 Å². The molecule has 0 radical (unpaired) electrons. The molecule has 21 heavy (non-hydrogen) atoms. The molecule has 0 aromatic rings. The summed E-state index contributed by atoms with van der Waals surface area (Å²) in [6, 6.07) is -0.873. The van der Waals surface area contributed by atoms with Crippen molar-refractivity contribution >= 4 is 17.9 Å². The van der Waals surface area contributed by atoms with Gasteiger partial charge >= 0.3 is 24.1 Å². The van der Waals surface area contributed by atoms with E-state index in [4.69, 9.17) is 20.7 Å². The molecule has 122 valence electrons. The molecular weight excluding hydrogens is 299 g/mol. The van der Waals surface area contributed by atoms with Crippen LogP contribution < -0.4 is 5.73 Å². The molecule has 0 aromatic carbocycles. The number of aliphatic carboxylic acids is 2. The Balaban J connectivity index is 0. The maximum atomic E-state index is 10.8. The van der Waals surface area contributed by atoms with Crippen molar-refractivity contribution in [1.82, 2.24) is 0 Å². The molecule has 7 nitrogen and oxygen atoms in total. The summed E-state index contributed by atoms with van der Waals surface area (Å²) in [5.74, 6) is -4.21. The summed E-state index contributed by atoms with van der Waals surface area (Å²) in [7, 11) is 0. The molecule has 0 bridgehead atoms. The Morgan fingerprint density at radius 3 is 2.10 bits per heavy atom. The molecule has 0 heterocycles. The molecule has 0 aliphatic heterocycles. The molecule has 0 amide bonds. The predicted molar refractivity (Wildman–Crippen MR) is 64.3 cm³/mol. The van der Waals surface area contributed by atoms with Crippen LogP contribution in [0.25, 0.3) is 0 Å². The predicted octanol–water partition coefficient (Wildman–Crippen LogP) is 0.931. The number of esters is 1. The summed E-state index contributed by atoms with van der Waals surface area (Å²) in [4.78, 5) is 29.9. The lowest BCUT2D eigenvalue weighted by Crippen LogP contribution is -2.29. The van der Waals surface area contributed by atoms with Gasteiger partial charge in [-0.05, 0) is 19.8 Å². The molecule has 0 saturated heterocycles. The molecule has 0 aliphatic carbocycles. The first kappa shape index (κ1) is 21.2. The van der Waals surface area contributed by atoms with Gasteiger partial charge in [0, 0.05) is 6.08 Å². The minimum atomic E-state index is -5.08. The second kappa shape index (κ2) is 10.7. The maximum absolute atomic E-state index is 10.8. The Morgan fingerprint density at radius 2 is 1.76 bits per heavy atom. The zero-order valence-corrected chi connectivity index (χ0v) is 11.1. The van der Waals surface area contributed by atoms with Crippen LogP contribution in [0.3, 0.4) is 0 Å². The van der Waals surface area contributed by atoms with Crippen LogP contribution in [0.4, 0.5) is 13.2 Å². The maximum Gasteiger partial charge on any atom is 0.490 e. The normalized spacial score (nSPS) is 12.2. The highest BCUT2D eigenvalue weighted by Crippen LogP contribution is 2.13. The summed E-state index contributed by atoms with van der Waals surface area (Å²) >= 11 is 0. The summed E-state index contributed by atoms with van der Waals surface area (Å²) in [6.45, 7) is 2.05. The molecule has 0 unspecified atom stereocenters. The van der Waals surface area contributed by atoms with E-state index in [0.29, 0.717) is 19.4 Å². The Kier molecular flexibility index (Phi) is 10.8.